The Labute approximate surface area is 108 Å². The fourth-order valence-electron chi connectivity index (χ4n) is 1.28. The fraction of sp³-hybridized carbons (Fsp3) is 0.364. The van der Waals surface area contributed by atoms with Crippen LogP contribution in [-0.4, -0.2) is 17.9 Å². The minimum Gasteiger partial charge on any atom is -0.298 e. The second-order valence-corrected chi connectivity index (χ2v) is 4.80. The Morgan fingerprint density at radius 1 is 1.53 bits per heavy atom. The summed E-state index contributed by atoms with van der Waals surface area (Å²) in [7, 11) is 0. The van der Waals surface area contributed by atoms with Crippen molar-refractivity contribution in [3.05, 3.63) is 29.3 Å². The van der Waals surface area contributed by atoms with Crippen LogP contribution in [0.2, 0.25) is 0 Å². The number of ketones is 1. The maximum atomic E-state index is 11.2. The van der Waals surface area contributed by atoms with Gasteiger partial charge >= 0.3 is 0 Å². The second-order valence-electron chi connectivity index (χ2n) is 3.13. The predicted octanol–water partition coefficient (Wildman–Crippen LogP) is 3.65. The molecule has 1 aromatic carbocycles. The lowest BCUT2D eigenvalue weighted by Gasteiger charge is -2.06. The van der Waals surface area contributed by atoms with Gasteiger partial charge in [-0.15, -0.1) is 23.4 Å². The quantitative estimate of drug-likeness (QED) is 0.610. The van der Waals surface area contributed by atoms with Crippen LogP contribution in [0, 0.1) is 0 Å². The van der Waals surface area contributed by atoms with E-state index >= 15 is 0 Å². The average molecular weight is 308 g/mol. The molecule has 0 atom stereocenters. The first-order valence-corrected chi connectivity index (χ1v) is 7.38. The van der Waals surface area contributed by atoms with Crippen molar-refractivity contribution >= 4 is 45.1 Å². The molecule has 0 spiro atoms. The van der Waals surface area contributed by atoms with E-state index in [1.54, 1.807) is 11.8 Å². The first-order chi connectivity index (χ1) is 7.21. The van der Waals surface area contributed by atoms with Crippen LogP contribution in [0.5, 0.6) is 0 Å². The van der Waals surface area contributed by atoms with Crippen LogP contribution in [-0.2, 0) is 16.5 Å². The van der Waals surface area contributed by atoms with Gasteiger partial charge in [-0.05, 0) is 23.4 Å². The Hall–Kier alpha value is 0.01000. The summed E-state index contributed by atoms with van der Waals surface area (Å²) in [5.41, 5.74) is 2.29. The topological polar surface area (TPSA) is 17.1 Å². The molecule has 0 fully saturated rings. The minimum atomic E-state index is 0.0651. The molecule has 1 aromatic rings. The summed E-state index contributed by atoms with van der Waals surface area (Å²) in [6.07, 6.45) is 2.47. The molecule has 0 radical (unpaired) electrons. The van der Waals surface area contributed by atoms with E-state index in [0.29, 0.717) is 6.42 Å². The van der Waals surface area contributed by atoms with E-state index in [1.165, 1.54) is 10.5 Å². The van der Waals surface area contributed by atoms with Crippen molar-refractivity contribution in [2.24, 2.45) is 0 Å². The molecule has 0 N–H and O–H groups in total. The highest BCUT2D eigenvalue weighted by atomic mass is 79.9. The molecule has 0 aromatic heterocycles. The Morgan fingerprint density at radius 3 is 2.80 bits per heavy atom. The summed E-state index contributed by atoms with van der Waals surface area (Å²) in [6, 6.07) is 6.10. The number of carbonyl (C=O) groups excluding carboxylic acids is 1. The molecule has 0 saturated carbocycles. The van der Waals surface area contributed by atoms with Gasteiger partial charge in [0.25, 0.3) is 0 Å². The van der Waals surface area contributed by atoms with Crippen molar-refractivity contribution in [3.8, 4) is 0 Å². The van der Waals surface area contributed by atoms with Crippen molar-refractivity contribution in [2.45, 2.75) is 16.6 Å². The van der Waals surface area contributed by atoms with E-state index in [2.05, 4.69) is 28.1 Å². The maximum absolute atomic E-state index is 11.2. The van der Waals surface area contributed by atoms with E-state index in [4.69, 9.17) is 11.6 Å². The van der Waals surface area contributed by atoms with E-state index in [1.807, 2.05) is 12.3 Å². The molecular formula is C11H12BrClOS. The number of Topliss-reactive ketones (excluding diaryl/α,β-unsaturated/α-hetero) is 1. The van der Waals surface area contributed by atoms with Crippen molar-refractivity contribution in [1.82, 2.24) is 0 Å². The van der Waals surface area contributed by atoms with Crippen LogP contribution in [0.25, 0.3) is 0 Å². The molecule has 0 unspecified atom stereocenters. The van der Waals surface area contributed by atoms with E-state index < -0.39 is 0 Å². The van der Waals surface area contributed by atoms with Crippen LogP contribution in [0.4, 0.5) is 0 Å². The molecule has 0 aliphatic rings. The zero-order valence-electron chi connectivity index (χ0n) is 8.43. The lowest BCUT2D eigenvalue weighted by Crippen LogP contribution is -2.04. The second kappa shape index (κ2) is 6.56. The Morgan fingerprint density at radius 2 is 2.27 bits per heavy atom. The Bertz CT molecular complexity index is 354. The molecule has 1 nitrogen and oxygen atoms in total. The molecule has 0 bridgehead atoms. The average Bonchev–Trinajstić information content (AvgIpc) is 2.28. The summed E-state index contributed by atoms with van der Waals surface area (Å²) in [4.78, 5) is 12.4. The number of thioether (sulfide) groups is 1. The number of carbonyl (C=O) groups is 1. The molecule has 82 valence electrons. The largest absolute Gasteiger partial charge is 0.298 e. The van der Waals surface area contributed by atoms with Gasteiger partial charge in [0.05, 0.1) is 5.88 Å². The van der Waals surface area contributed by atoms with E-state index in [0.717, 1.165) is 10.9 Å². The highest BCUT2D eigenvalue weighted by Gasteiger charge is 2.05. The molecule has 15 heavy (non-hydrogen) atoms. The summed E-state index contributed by atoms with van der Waals surface area (Å²) in [6.45, 7) is 0. The van der Waals surface area contributed by atoms with Crippen LogP contribution >= 0.6 is 39.3 Å². The fourth-order valence-corrected chi connectivity index (χ4v) is 2.72. The molecule has 0 amide bonds. The van der Waals surface area contributed by atoms with Gasteiger partial charge < -0.3 is 0 Å². The van der Waals surface area contributed by atoms with Crippen molar-refractivity contribution in [1.29, 1.82) is 0 Å². The SMILES string of the molecule is CSc1cc(CC(=O)CCl)ccc1CBr. The zero-order valence-corrected chi connectivity index (χ0v) is 11.6. The summed E-state index contributed by atoms with van der Waals surface area (Å²) >= 11 is 10.6. The lowest BCUT2D eigenvalue weighted by atomic mass is 10.1. The summed E-state index contributed by atoms with van der Waals surface area (Å²) in [5.74, 6) is 0.157. The highest BCUT2D eigenvalue weighted by molar-refractivity contribution is 9.08. The van der Waals surface area contributed by atoms with E-state index in [-0.39, 0.29) is 11.7 Å². The molecular weight excluding hydrogens is 296 g/mol. The van der Waals surface area contributed by atoms with Gasteiger partial charge in [0.2, 0.25) is 0 Å². The number of hydrogen-bond donors (Lipinski definition) is 0. The Balaban J connectivity index is 2.88. The smallest absolute Gasteiger partial charge is 0.151 e. The first-order valence-electron chi connectivity index (χ1n) is 4.50. The number of alkyl halides is 2. The number of hydrogen-bond acceptors (Lipinski definition) is 2. The third kappa shape index (κ3) is 3.82. The van der Waals surface area contributed by atoms with Gasteiger partial charge in [0.15, 0.2) is 5.78 Å². The Kier molecular flexibility index (Phi) is 5.72. The zero-order chi connectivity index (χ0) is 11.3. The number of rotatable bonds is 5. The number of benzene rings is 1. The first kappa shape index (κ1) is 13.1. The molecule has 0 saturated heterocycles. The maximum Gasteiger partial charge on any atom is 0.151 e. The van der Waals surface area contributed by atoms with Gasteiger partial charge in [-0.3, -0.25) is 4.79 Å². The lowest BCUT2D eigenvalue weighted by molar-refractivity contribution is -0.116. The standard InChI is InChI=1S/C11H12BrClOS/c1-15-11-5-8(4-10(14)7-13)2-3-9(11)6-12/h2-3,5H,4,6-7H2,1H3. The predicted molar refractivity (Wildman–Crippen MR) is 70.3 cm³/mol. The van der Waals surface area contributed by atoms with Crippen LogP contribution in [0.1, 0.15) is 11.1 Å². The van der Waals surface area contributed by atoms with Crippen LogP contribution in [0.15, 0.2) is 23.1 Å². The van der Waals surface area contributed by atoms with Gasteiger partial charge in [-0.2, -0.15) is 0 Å². The van der Waals surface area contributed by atoms with Crippen LogP contribution < -0.4 is 0 Å². The molecule has 1 rings (SSSR count). The monoisotopic (exact) mass is 306 g/mol. The van der Waals surface area contributed by atoms with E-state index in [9.17, 15) is 4.79 Å². The molecule has 0 heterocycles. The number of halogens is 2. The normalized spacial score (nSPS) is 10.3. The third-order valence-corrected chi connectivity index (χ3v) is 3.77. The molecule has 0 aliphatic carbocycles. The van der Waals surface area contributed by atoms with Gasteiger partial charge in [-0.25, -0.2) is 0 Å². The van der Waals surface area contributed by atoms with Crippen molar-refractivity contribution in [2.75, 3.05) is 12.1 Å². The third-order valence-electron chi connectivity index (χ3n) is 2.05. The van der Waals surface area contributed by atoms with Gasteiger partial charge in [-0.1, -0.05) is 28.1 Å². The van der Waals surface area contributed by atoms with Crippen molar-refractivity contribution in [3.63, 3.8) is 0 Å². The van der Waals surface area contributed by atoms with Crippen molar-refractivity contribution < 1.29 is 4.79 Å². The minimum absolute atomic E-state index is 0.0651. The van der Waals surface area contributed by atoms with Gasteiger partial charge in [0, 0.05) is 16.6 Å². The molecule has 4 heteroatoms. The van der Waals surface area contributed by atoms with Crippen LogP contribution in [0.3, 0.4) is 0 Å². The summed E-state index contributed by atoms with van der Waals surface area (Å²) in [5, 5.41) is 0.840. The molecule has 0 aliphatic heterocycles. The van der Waals surface area contributed by atoms with Gasteiger partial charge in [0.1, 0.15) is 0 Å². The highest BCUT2D eigenvalue weighted by Crippen LogP contribution is 2.24. The summed E-state index contributed by atoms with van der Waals surface area (Å²) < 4.78 is 0.